The van der Waals surface area contributed by atoms with Gasteiger partial charge in [-0.15, -0.1) is 0 Å². The van der Waals surface area contributed by atoms with Gasteiger partial charge in [-0.25, -0.2) is 0 Å². The first kappa shape index (κ1) is 7.03. The van der Waals surface area contributed by atoms with Crippen molar-refractivity contribution in [2.75, 3.05) is 6.54 Å². The molecule has 0 heterocycles. The second-order valence-corrected chi connectivity index (χ2v) is 2.94. The van der Waals surface area contributed by atoms with Crippen LogP contribution in [-0.4, -0.2) is 12.6 Å². The van der Waals surface area contributed by atoms with E-state index in [2.05, 4.69) is 0 Å². The SMILES string of the molecule is NC[C@@H](N)C1CCCC1. The Morgan fingerprint density at radius 2 is 1.89 bits per heavy atom. The average Bonchev–Trinajstić information content (AvgIpc) is 2.37. The van der Waals surface area contributed by atoms with E-state index in [4.69, 9.17) is 11.5 Å². The van der Waals surface area contributed by atoms with Crippen molar-refractivity contribution in [3.05, 3.63) is 0 Å². The van der Waals surface area contributed by atoms with Gasteiger partial charge in [0.15, 0.2) is 0 Å². The Hall–Kier alpha value is -0.0800. The van der Waals surface area contributed by atoms with Gasteiger partial charge in [0.05, 0.1) is 0 Å². The van der Waals surface area contributed by atoms with Gasteiger partial charge in [0, 0.05) is 12.6 Å². The molecule has 0 unspecified atom stereocenters. The van der Waals surface area contributed by atoms with E-state index < -0.39 is 0 Å². The average molecular weight is 128 g/mol. The van der Waals surface area contributed by atoms with Crippen molar-refractivity contribution in [1.29, 1.82) is 0 Å². The molecule has 0 aliphatic heterocycles. The van der Waals surface area contributed by atoms with Crippen LogP contribution in [0.2, 0.25) is 0 Å². The molecule has 0 radical (unpaired) electrons. The highest BCUT2D eigenvalue weighted by Crippen LogP contribution is 2.26. The van der Waals surface area contributed by atoms with Crippen LogP contribution in [0.5, 0.6) is 0 Å². The lowest BCUT2D eigenvalue weighted by Gasteiger charge is -2.15. The van der Waals surface area contributed by atoms with E-state index in [1.807, 2.05) is 0 Å². The Morgan fingerprint density at radius 1 is 1.33 bits per heavy atom. The third-order valence-corrected chi connectivity index (χ3v) is 2.28. The quantitative estimate of drug-likeness (QED) is 0.567. The molecule has 2 nitrogen and oxygen atoms in total. The fourth-order valence-corrected chi connectivity index (χ4v) is 1.58. The highest BCUT2D eigenvalue weighted by Gasteiger charge is 2.20. The topological polar surface area (TPSA) is 52.0 Å². The first-order valence-corrected chi connectivity index (χ1v) is 3.80. The molecule has 1 atom stereocenters. The minimum atomic E-state index is 0.271. The molecule has 9 heavy (non-hydrogen) atoms. The zero-order valence-corrected chi connectivity index (χ0v) is 5.84. The van der Waals surface area contributed by atoms with Crippen molar-refractivity contribution in [3.63, 3.8) is 0 Å². The van der Waals surface area contributed by atoms with Gasteiger partial charge in [0.1, 0.15) is 0 Å². The fraction of sp³-hybridized carbons (Fsp3) is 1.00. The molecule has 0 aromatic heterocycles. The van der Waals surface area contributed by atoms with Crippen LogP contribution >= 0.6 is 0 Å². The smallest absolute Gasteiger partial charge is 0.0191 e. The summed E-state index contributed by atoms with van der Waals surface area (Å²) in [6, 6.07) is 0.271. The predicted octanol–water partition coefficient (Wildman–Crippen LogP) is 0.463. The van der Waals surface area contributed by atoms with Crippen LogP contribution in [0.25, 0.3) is 0 Å². The van der Waals surface area contributed by atoms with Crippen molar-refractivity contribution in [2.24, 2.45) is 17.4 Å². The third kappa shape index (κ3) is 1.66. The van der Waals surface area contributed by atoms with Gasteiger partial charge in [0.2, 0.25) is 0 Å². The summed E-state index contributed by atoms with van der Waals surface area (Å²) < 4.78 is 0. The second kappa shape index (κ2) is 3.18. The van der Waals surface area contributed by atoms with Gasteiger partial charge >= 0.3 is 0 Å². The van der Waals surface area contributed by atoms with Gasteiger partial charge in [-0.2, -0.15) is 0 Å². The molecule has 54 valence electrons. The van der Waals surface area contributed by atoms with Gasteiger partial charge in [0.25, 0.3) is 0 Å². The van der Waals surface area contributed by atoms with E-state index in [0.29, 0.717) is 6.54 Å². The van der Waals surface area contributed by atoms with E-state index in [1.54, 1.807) is 0 Å². The van der Waals surface area contributed by atoms with Crippen molar-refractivity contribution in [2.45, 2.75) is 31.7 Å². The normalized spacial score (nSPS) is 24.7. The number of hydrogen-bond acceptors (Lipinski definition) is 2. The minimum absolute atomic E-state index is 0.271. The molecule has 0 bridgehead atoms. The first-order chi connectivity index (χ1) is 4.34. The molecule has 1 saturated carbocycles. The van der Waals surface area contributed by atoms with Crippen LogP contribution in [0, 0.1) is 5.92 Å². The van der Waals surface area contributed by atoms with Crippen LogP contribution in [0.1, 0.15) is 25.7 Å². The summed E-state index contributed by atoms with van der Waals surface area (Å²) in [5, 5.41) is 0. The van der Waals surface area contributed by atoms with Crippen LogP contribution in [0.3, 0.4) is 0 Å². The summed E-state index contributed by atoms with van der Waals surface area (Å²) in [5.74, 6) is 0.731. The predicted molar refractivity (Wildman–Crippen MR) is 39.0 cm³/mol. The molecule has 0 saturated heterocycles. The van der Waals surface area contributed by atoms with Crippen molar-refractivity contribution in [3.8, 4) is 0 Å². The molecule has 4 N–H and O–H groups in total. The lowest BCUT2D eigenvalue weighted by Crippen LogP contribution is -2.35. The van der Waals surface area contributed by atoms with Crippen LogP contribution in [0.4, 0.5) is 0 Å². The maximum Gasteiger partial charge on any atom is 0.0191 e. The summed E-state index contributed by atoms with van der Waals surface area (Å²) in [4.78, 5) is 0. The van der Waals surface area contributed by atoms with E-state index in [1.165, 1.54) is 25.7 Å². The van der Waals surface area contributed by atoms with E-state index in [9.17, 15) is 0 Å². The monoisotopic (exact) mass is 128 g/mol. The number of rotatable bonds is 2. The molecule has 0 aromatic rings. The molecule has 2 heteroatoms. The largest absolute Gasteiger partial charge is 0.329 e. The molecule has 1 rings (SSSR count). The lowest BCUT2D eigenvalue weighted by atomic mass is 9.99. The second-order valence-electron chi connectivity index (χ2n) is 2.94. The Kier molecular flexibility index (Phi) is 2.49. The highest BCUT2D eigenvalue weighted by molar-refractivity contribution is 4.77. The molecule has 1 aliphatic carbocycles. The number of hydrogen-bond donors (Lipinski definition) is 2. The van der Waals surface area contributed by atoms with Gasteiger partial charge < -0.3 is 11.5 Å². The standard InChI is InChI=1S/C7H16N2/c8-5-7(9)6-3-1-2-4-6/h6-7H,1-5,8-9H2/t7-/m1/s1. The van der Waals surface area contributed by atoms with Crippen LogP contribution in [0.15, 0.2) is 0 Å². The lowest BCUT2D eigenvalue weighted by molar-refractivity contribution is 0.438. The molecular formula is C7H16N2. The van der Waals surface area contributed by atoms with Gasteiger partial charge in [-0.3, -0.25) is 0 Å². The fourth-order valence-electron chi connectivity index (χ4n) is 1.58. The maximum atomic E-state index is 5.75. The van der Waals surface area contributed by atoms with Gasteiger partial charge in [-0.05, 0) is 18.8 Å². The van der Waals surface area contributed by atoms with Crippen LogP contribution in [-0.2, 0) is 0 Å². The maximum absolute atomic E-state index is 5.75. The molecule has 1 aliphatic rings. The highest BCUT2D eigenvalue weighted by atomic mass is 14.7. The summed E-state index contributed by atoms with van der Waals surface area (Å²) >= 11 is 0. The van der Waals surface area contributed by atoms with E-state index >= 15 is 0 Å². The first-order valence-electron chi connectivity index (χ1n) is 3.80. The number of nitrogens with two attached hydrogens (primary N) is 2. The Balaban J connectivity index is 2.24. The van der Waals surface area contributed by atoms with Gasteiger partial charge in [-0.1, -0.05) is 12.8 Å². The zero-order valence-electron chi connectivity index (χ0n) is 5.84. The Morgan fingerprint density at radius 3 is 2.33 bits per heavy atom. The Bertz CT molecular complexity index is 77.0. The minimum Gasteiger partial charge on any atom is -0.329 e. The molecular weight excluding hydrogens is 112 g/mol. The summed E-state index contributed by atoms with van der Waals surface area (Å²) in [7, 11) is 0. The van der Waals surface area contributed by atoms with Crippen molar-refractivity contribution >= 4 is 0 Å². The molecule has 0 amide bonds. The van der Waals surface area contributed by atoms with E-state index in [0.717, 1.165) is 5.92 Å². The molecule has 0 aromatic carbocycles. The van der Waals surface area contributed by atoms with Crippen LogP contribution < -0.4 is 11.5 Å². The zero-order chi connectivity index (χ0) is 6.69. The summed E-state index contributed by atoms with van der Waals surface area (Å²) in [6.45, 7) is 0.657. The van der Waals surface area contributed by atoms with Crippen molar-refractivity contribution < 1.29 is 0 Å². The molecule has 0 spiro atoms. The van der Waals surface area contributed by atoms with Crippen molar-refractivity contribution in [1.82, 2.24) is 0 Å². The molecule has 1 fully saturated rings. The summed E-state index contributed by atoms with van der Waals surface area (Å²) in [6.07, 6.45) is 5.33. The third-order valence-electron chi connectivity index (χ3n) is 2.28. The van der Waals surface area contributed by atoms with E-state index in [-0.39, 0.29) is 6.04 Å². The Labute approximate surface area is 56.6 Å². The summed E-state index contributed by atoms with van der Waals surface area (Å²) in [5.41, 5.74) is 11.2.